The van der Waals surface area contributed by atoms with Crippen LogP contribution >= 0.6 is 11.8 Å². The smallest absolute Gasteiger partial charge is 0.253 e. The van der Waals surface area contributed by atoms with Gasteiger partial charge in [-0.2, -0.15) is 0 Å². The van der Waals surface area contributed by atoms with E-state index >= 15 is 0 Å². The average molecular weight is 424 g/mol. The Morgan fingerprint density at radius 1 is 1.13 bits per heavy atom. The summed E-state index contributed by atoms with van der Waals surface area (Å²) in [6.07, 6.45) is 1.95. The van der Waals surface area contributed by atoms with E-state index in [9.17, 15) is 9.59 Å². The van der Waals surface area contributed by atoms with E-state index < -0.39 is 0 Å². The Bertz CT molecular complexity index is 1000. The molecule has 1 aromatic heterocycles. The Morgan fingerprint density at radius 2 is 1.90 bits per heavy atom. The molecule has 0 aliphatic rings. The predicted molar refractivity (Wildman–Crippen MR) is 120 cm³/mol. The van der Waals surface area contributed by atoms with Gasteiger partial charge in [-0.3, -0.25) is 14.2 Å². The third-order valence-corrected chi connectivity index (χ3v) is 5.37. The number of carbonyl (C=O) groups excluding carboxylic acids is 1. The highest BCUT2D eigenvalue weighted by atomic mass is 32.2. The van der Waals surface area contributed by atoms with Crippen LogP contribution in [0.2, 0.25) is 0 Å². The van der Waals surface area contributed by atoms with Gasteiger partial charge in [-0.1, -0.05) is 18.2 Å². The molecule has 0 unspecified atom stereocenters. The van der Waals surface area contributed by atoms with Crippen molar-refractivity contribution >= 4 is 17.7 Å². The largest absolute Gasteiger partial charge is 0.494 e. The highest BCUT2D eigenvalue weighted by molar-refractivity contribution is 7.99. The molecule has 156 valence electrons. The molecule has 6 nitrogen and oxygen atoms in total. The third-order valence-electron chi connectivity index (χ3n) is 4.36. The summed E-state index contributed by atoms with van der Waals surface area (Å²) < 4.78 is 6.93. The number of benzene rings is 2. The zero-order chi connectivity index (χ0) is 21.2. The quantitative estimate of drug-likeness (QED) is 0.505. The van der Waals surface area contributed by atoms with E-state index in [0.717, 1.165) is 16.2 Å². The van der Waals surface area contributed by atoms with E-state index in [2.05, 4.69) is 10.3 Å². The number of thioether (sulfide) groups is 1. The van der Waals surface area contributed by atoms with Crippen molar-refractivity contribution in [1.29, 1.82) is 0 Å². The predicted octanol–water partition coefficient (Wildman–Crippen LogP) is 3.61. The molecule has 0 saturated carbocycles. The second-order valence-electron chi connectivity index (χ2n) is 6.52. The molecule has 0 atom stereocenters. The number of nitrogens with one attached hydrogen (secondary N) is 1. The molecule has 1 amide bonds. The highest BCUT2D eigenvalue weighted by Gasteiger charge is 2.05. The van der Waals surface area contributed by atoms with Gasteiger partial charge < -0.3 is 10.1 Å². The van der Waals surface area contributed by atoms with Crippen LogP contribution in [-0.2, 0) is 11.3 Å². The first kappa shape index (κ1) is 21.6. The average Bonchev–Trinajstić information content (AvgIpc) is 2.76. The number of amides is 1. The molecular formula is C23H25N3O3S. The lowest BCUT2D eigenvalue weighted by atomic mass is 10.1. The van der Waals surface area contributed by atoms with Crippen molar-refractivity contribution in [2.24, 2.45) is 0 Å². The summed E-state index contributed by atoms with van der Waals surface area (Å²) in [5, 5.41) is 2.86. The molecule has 0 spiro atoms. The van der Waals surface area contributed by atoms with E-state index in [1.165, 1.54) is 17.0 Å². The second kappa shape index (κ2) is 11.2. The summed E-state index contributed by atoms with van der Waals surface area (Å²) >= 11 is 1.65. The first-order chi connectivity index (χ1) is 14.7. The third kappa shape index (κ3) is 6.49. The molecule has 0 aliphatic heterocycles. The Morgan fingerprint density at radius 3 is 2.60 bits per heavy atom. The van der Waals surface area contributed by atoms with Gasteiger partial charge in [0.1, 0.15) is 5.75 Å². The summed E-state index contributed by atoms with van der Waals surface area (Å²) in [4.78, 5) is 29.9. The van der Waals surface area contributed by atoms with Gasteiger partial charge in [0.25, 0.3) is 5.56 Å². The standard InChI is InChI=1S/C23H25N3O3S/c1-2-29-19-10-8-18(9-11-19)21-16-23(28)26(17-25-21)14-13-24-22(27)12-15-30-20-6-4-3-5-7-20/h3-11,16-17H,2,12-15H2,1H3,(H,24,27). The minimum absolute atomic E-state index is 0.0227. The fraction of sp³-hybridized carbons (Fsp3) is 0.261. The van der Waals surface area contributed by atoms with Crippen molar-refractivity contribution in [3.05, 3.63) is 77.3 Å². The minimum Gasteiger partial charge on any atom is -0.494 e. The summed E-state index contributed by atoms with van der Waals surface area (Å²) in [5.41, 5.74) is 1.32. The summed E-state index contributed by atoms with van der Waals surface area (Å²) in [5.74, 6) is 1.48. The first-order valence-electron chi connectivity index (χ1n) is 9.90. The first-order valence-corrected chi connectivity index (χ1v) is 10.9. The number of aromatic nitrogens is 2. The zero-order valence-corrected chi connectivity index (χ0v) is 17.7. The maximum atomic E-state index is 12.4. The van der Waals surface area contributed by atoms with Gasteiger partial charge in [0, 0.05) is 41.8 Å². The molecule has 0 aliphatic carbocycles. The monoisotopic (exact) mass is 423 g/mol. The summed E-state index contributed by atoms with van der Waals surface area (Å²) in [6, 6.07) is 19.0. The number of ether oxygens (including phenoxy) is 1. The summed E-state index contributed by atoms with van der Waals surface area (Å²) in [6.45, 7) is 3.31. The molecular weight excluding hydrogens is 398 g/mol. The lowest BCUT2D eigenvalue weighted by Crippen LogP contribution is -2.30. The maximum Gasteiger partial charge on any atom is 0.253 e. The molecule has 0 bridgehead atoms. The van der Waals surface area contributed by atoms with Crippen LogP contribution in [-0.4, -0.2) is 34.4 Å². The lowest BCUT2D eigenvalue weighted by Gasteiger charge is -2.09. The van der Waals surface area contributed by atoms with Crippen molar-refractivity contribution in [3.8, 4) is 17.0 Å². The van der Waals surface area contributed by atoms with Crippen LogP contribution in [0.3, 0.4) is 0 Å². The van der Waals surface area contributed by atoms with Crippen LogP contribution in [0, 0.1) is 0 Å². The second-order valence-corrected chi connectivity index (χ2v) is 7.69. The van der Waals surface area contributed by atoms with Crippen LogP contribution in [0.25, 0.3) is 11.3 Å². The van der Waals surface area contributed by atoms with Gasteiger partial charge in [0.15, 0.2) is 0 Å². The molecule has 1 heterocycles. The molecule has 3 rings (SSSR count). The van der Waals surface area contributed by atoms with Crippen molar-refractivity contribution in [3.63, 3.8) is 0 Å². The summed E-state index contributed by atoms with van der Waals surface area (Å²) in [7, 11) is 0. The van der Waals surface area contributed by atoms with Gasteiger partial charge in [-0.25, -0.2) is 4.98 Å². The van der Waals surface area contributed by atoms with Gasteiger partial charge in [-0.15, -0.1) is 11.8 Å². The van der Waals surface area contributed by atoms with Crippen LogP contribution in [0.5, 0.6) is 5.75 Å². The van der Waals surface area contributed by atoms with Crippen molar-refractivity contribution in [2.45, 2.75) is 24.8 Å². The SMILES string of the molecule is CCOc1ccc(-c2cc(=O)n(CCNC(=O)CCSc3ccccc3)cn2)cc1. The fourth-order valence-electron chi connectivity index (χ4n) is 2.82. The molecule has 1 N–H and O–H groups in total. The van der Waals surface area contributed by atoms with Crippen LogP contribution < -0.4 is 15.6 Å². The number of nitrogens with zero attached hydrogens (tertiary/aromatic N) is 2. The van der Waals surface area contributed by atoms with Crippen molar-refractivity contribution in [2.75, 3.05) is 18.9 Å². The van der Waals surface area contributed by atoms with E-state index in [1.807, 2.05) is 61.5 Å². The Hall–Kier alpha value is -3.06. The molecule has 0 radical (unpaired) electrons. The molecule has 0 fully saturated rings. The Labute approximate surface area is 180 Å². The van der Waals surface area contributed by atoms with E-state index in [-0.39, 0.29) is 11.5 Å². The number of hydrogen-bond donors (Lipinski definition) is 1. The number of hydrogen-bond acceptors (Lipinski definition) is 5. The van der Waals surface area contributed by atoms with Gasteiger partial charge in [-0.05, 0) is 43.3 Å². The van der Waals surface area contributed by atoms with Gasteiger partial charge in [0.05, 0.1) is 18.6 Å². The zero-order valence-electron chi connectivity index (χ0n) is 16.9. The number of carbonyl (C=O) groups is 1. The van der Waals surface area contributed by atoms with E-state index in [4.69, 9.17) is 4.74 Å². The van der Waals surface area contributed by atoms with Crippen LogP contribution in [0.4, 0.5) is 0 Å². The number of rotatable bonds is 10. The van der Waals surface area contributed by atoms with Crippen molar-refractivity contribution in [1.82, 2.24) is 14.9 Å². The Kier molecular flexibility index (Phi) is 8.09. The highest BCUT2D eigenvalue weighted by Crippen LogP contribution is 2.19. The maximum absolute atomic E-state index is 12.4. The van der Waals surface area contributed by atoms with Crippen LogP contribution in [0.1, 0.15) is 13.3 Å². The Balaban J connectivity index is 1.45. The normalized spacial score (nSPS) is 10.6. The molecule has 0 saturated heterocycles. The van der Waals surface area contributed by atoms with Gasteiger partial charge in [0.2, 0.25) is 5.91 Å². The van der Waals surface area contributed by atoms with Crippen molar-refractivity contribution < 1.29 is 9.53 Å². The van der Waals surface area contributed by atoms with Crippen LogP contribution in [0.15, 0.2) is 76.7 Å². The topological polar surface area (TPSA) is 73.2 Å². The van der Waals surface area contributed by atoms with E-state index in [0.29, 0.717) is 37.6 Å². The van der Waals surface area contributed by atoms with Gasteiger partial charge >= 0.3 is 0 Å². The molecule has 30 heavy (non-hydrogen) atoms. The molecule has 3 aromatic rings. The molecule has 2 aromatic carbocycles. The molecule has 7 heteroatoms. The lowest BCUT2D eigenvalue weighted by molar-refractivity contribution is -0.120. The van der Waals surface area contributed by atoms with E-state index in [1.54, 1.807) is 11.8 Å². The fourth-order valence-corrected chi connectivity index (χ4v) is 3.70. The minimum atomic E-state index is -0.150.